The Morgan fingerprint density at radius 3 is 2.13 bits per heavy atom. The van der Waals surface area contributed by atoms with Gasteiger partial charge in [0.15, 0.2) is 0 Å². The fourth-order valence-corrected chi connectivity index (χ4v) is 6.99. The standard InChI is InChI=1S/C48H64N8O7/c1-10-54(11-2)25-24-49-45(58)34-14-18-36(19-15-34)51-47(60)63-43(41-27-44(57)62-42-26-39(22-23-40(41)42)55(12-3)13-4)29-50-46(59)35-16-20-38(21-17-35)56-30-37(52-53-56)28-48(8,9)61-31-33(7)32(5)6/h14-23,26-27,30,32-33,43H,10-13,24-25,28-29,31H2,1-9H3,(H,49,58)(H,50,59)(H,51,60). The number of aromatic nitrogens is 3. The van der Waals surface area contributed by atoms with E-state index in [0.29, 0.717) is 70.4 Å². The Kier molecular flexibility index (Phi) is 17.0. The number of amides is 3. The van der Waals surface area contributed by atoms with Crippen LogP contribution in [0.15, 0.2) is 88.2 Å². The van der Waals surface area contributed by atoms with Gasteiger partial charge in [0, 0.05) is 78.2 Å². The highest BCUT2D eigenvalue weighted by molar-refractivity contribution is 5.95. The Balaban J connectivity index is 1.30. The van der Waals surface area contributed by atoms with E-state index in [0.717, 1.165) is 44.1 Å². The lowest BCUT2D eigenvalue weighted by atomic mass is 9.98. The van der Waals surface area contributed by atoms with Gasteiger partial charge >= 0.3 is 11.7 Å². The highest BCUT2D eigenvalue weighted by Crippen LogP contribution is 2.29. The zero-order valence-electron chi connectivity index (χ0n) is 38.2. The average molecular weight is 865 g/mol. The number of carbonyl (C=O) groups is 3. The number of benzene rings is 3. The van der Waals surface area contributed by atoms with Gasteiger partial charge in [-0.2, -0.15) is 0 Å². The summed E-state index contributed by atoms with van der Waals surface area (Å²) in [5, 5.41) is 17.7. The van der Waals surface area contributed by atoms with Crippen molar-refractivity contribution in [2.75, 3.05) is 62.6 Å². The molecule has 0 saturated heterocycles. The molecule has 5 rings (SSSR count). The molecule has 3 amide bonds. The molecule has 15 heteroatoms. The first-order valence-electron chi connectivity index (χ1n) is 22.0. The van der Waals surface area contributed by atoms with E-state index >= 15 is 0 Å². The molecule has 2 heterocycles. The number of hydrogen-bond acceptors (Lipinski definition) is 11. The molecule has 0 spiro atoms. The van der Waals surface area contributed by atoms with Gasteiger partial charge in [0.1, 0.15) is 11.7 Å². The third-order valence-corrected chi connectivity index (χ3v) is 11.4. The van der Waals surface area contributed by atoms with Crippen LogP contribution in [0, 0.1) is 11.8 Å². The number of nitrogens with one attached hydrogen (secondary N) is 3. The Morgan fingerprint density at radius 2 is 1.49 bits per heavy atom. The van der Waals surface area contributed by atoms with Crippen LogP contribution >= 0.6 is 0 Å². The Labute approximate surface area is 370 Å². The Hall–Kier alpha value is -6.06. The molecule has 0 aliphatic carbocycles. The van der Waals surface area contributed by atoms with Gasteiger partial charge in [-0.05, 0) is 113 Å². The van der Waals surface area contributed by atoms with Crippen LogP contribution in [0.25, 0.3) is 16.7 Å². The lowest BCUT2D eigenvalue weighted by Crippen LogP contribution is -2.34. The van der Waals surface area contributed by atoms with E-state index < -0.39 is 29.3 Å². The largest absolute Gasteiger partial charge is 0.439 e. The van der Waals surface area contributed by atoms with Crippen molar-refractivity contribution in [1.82, 2.24) is 30.5 Å². The lowest BCUT2D eigenvalue weighted by Gasteiger charge is -2.27. The second-order valence-corrected chi connectivity index (χ2v) is 16.6. The van der Waals surface area contributed by atoms with Crippen molar-refractivity contribution in [1.29, 1.82) is 0 Å². The highest BCUT2D eigenvalue weighted by Gasteiger charge is 2.25. The monoisotopic (exact) mass is 864 g/mol. The SMILES string of the molecule is CCN(CC)CCNC(=O)c1ccc(NC(=O)OC(CNC(=O)c2ccc(-n3cc(CC(C)(C)OCC(C)C(C)C)nn3)cc2)c2cc(=O)oc3cc(N(CC)CC)ccc23)cc1. The minimum absolute atomic E-state index is 0.169. The topological polar surface area (TPSA) is 173 Å². The molecule has 0 radical (unpaired) electrons. The van der Waals surface area contributed by atoms with Crippen molar-refractivity contribution in [3.63, 3.8) is 0 Å². The van der Waals surface area contributed by atoms with Crippen LogP contribution in [0.5, 0.6) is 0 Å². The lowest BCUT2D eigenvalue weighted by molar-refractivity contribution is -0.0391. The van der Waals surface area contributed by atoms with E-state index in [1.54, 1.807) is 59.3 Å². The van der Waals surface area contributed by atoms with Crippen LogP contribution < -0.4 is 26.5 Å². The van der Waals surface area contributed by atoms with Crippen molar-refractivity contribution in [3.8, 4) is 5.69 Å². The number of rotatable bonds is 22. The Morgan fingerprint density at radius 1 is 0.841 bits per heavy atom. The summed E-state index contributed by atoms with van der Waals surface area (Å²) < 4.78 is 19.5. The maximum absolute atomic E-state index is 13.6. The smallest absolute Gasteiger partial charge is 0.412 e. The summed E-state index contributed by atoms with van der Waals surface area (Å²) in [7, 11) is 0. The van der Waals surface area contributed by atoms with Crippen LogP contribution in [-0.2, 0) is 15.9 Å². The number of hydrogen-bond donors (Lipinski definition) is 3. The predicted molar refractivity (Wildman–Crippen MR) is 247 cm³/mol. The summed E-state index contributed by atoms with van der Waals surface area (Å²) >= 11 is 0. The average Bonchev–Trinajstić information content (AvgIpc) is 3.73. The van der Waals surface area contributed by atoms with Gasteiger partial charge in [0.2, 0.25) is 0 Å². The van der Waals surface area contributed by atoms with Gasteiger partial charge in [-0.25, -0.2) is 14.3 Å². The van der Waals surface area contributed by atoms with Gasteiger partial charge in [-0.1, -0.05) is 39.8 Å². The first-order chi connectivity index (χ1) is 30.1. The van der Waals surface area contributed by atoms with Crippen LogP contribution in [0.1, 0.15) is 100 Å². The van der Waals surface area contributed by atoms with Crippen molar-refractivity contribution >= 4 is 40.3 Å². The van der Waals surface area contributed by atoms with Crippen molar-refractivity contribution in [2.24, 2.45) is 11.8 Å². The number of nitrogens with zero attached hydrogens (tertiary/aromatic N) is 5. The quantitative estimate of drug-likeness (QED) is 0.0584. The van der Waals surface area contributed by atoms with E-state index in [4.69, 9.17) is 13.9 Å². The fourth-order valence-electron chi connectivity index (χ4n) is 6.99. The molecule has 2 unspecified atom stereocenters. The molecule has 0 aliphatic rings. The molecule has 2 aromatic heterocycles. The number of fused-ring (bicyclic) bond motifs is 1. The maximum atomic E-state index is 13.6. The van der Waals surface area contributed by atoms with Crippen LogP contribution in [0.2, 0.25) is 0 Å². The van der Waals surface area contributed by atoms with E-state index in [1.807, 2.05) is 46.0 Å². The summed E-state index contributed by atoms with van der Waals surface area (Å²) in [6.07, 6.45) is 0.498. The van der Waals surface area contributed by atoms with Crippen LogP contribution in [0.4, 0.5) is 16.2 Å². The third-order valence-electron chi connectivity index (χ3n) is 11.4. The number of anilines is 2. The molecule has 0 aliphatic heterocycles. The van der Waals surface area contributed by atoms with Crippen LogP contribution in [0.3, 0.4) is 0 Å². The first-order valence-corrected chi connectivity index (χ1v) is 22.0. The van der Waals surface area contributed by atoms with Gasteiger partial charge < -0.3 is 34.3 Å². The van der Waals surface area contributed by atoms with E-state index in [9.17, 15) is 19.2 Å². The van der Waals surface area contributed by atoms with E-state index in [2.05, 4.69) is 70.7 Å². The molecular weight excluding hydrogens is 801 g/mol. The number of ether oxygens (including phenoxy) is 2. The molecule has 63 heavy (non-hydrogen) atoms. The van der Waals surface area contributed by atoms with E-state index in [-0.39, 0.29) is 12.5 Å². The minimum Gasteiger partial charge on any atom is -0.439 e. The molecule has 338 valence electrons. The Bertz CT molecular complexity index is 2330. The van der Waals surface area contributed by atoms with Crippen molar-refractivity contribution in [3.05, 3.63) is 112 Å². The maximum Gasteiger partial charge on any atom is 0.412 e. The van der Waals surface area contributed by atoms with Crippen LogP contribution in [-0.4, -0.2) is 95.8 Å². The molecule has 0 bridgehead atoms. The fraction of sp³-hybridized carbons (Fsp3) is 0.458. The van der Waals surface area contributed by atoms with Crippen molar-refractivity contribution in [2.45, 2.75) is 80.4 Å². The molecule has 3 aromatic carbocycles. The zero-order valence-corrected chi connectivity index (χ0v) is 38.2. The second-order valence-electron chi connectivity index (χ2n) is 16.6. The molecule has 2 atom stereocenters. The molecule has 0 saturated carbocycles. The van der Waals surface area contributed by atoms with Gasteiger partial charge in [0.05, 0.1) is 36.3 Å². The predicted octanol–water partition coefficient (Wildman–Crippen LogP) is 7.64. The van der Waals surface area contributed by atoms with Gasteiger partial charge in [-0.3, -0.25) is 14.9 Å². The van der Waals surface area contributed by atoms with Gasteiger partial charge in [-0.15, -0.1) is 5.10 Å². The third kappa shape index (κ3) is 13.5. The summed E-state index contributed by atoms with van der Waals surface area (Å²) in [5.41, 5.74) is 3.16. The second kappa shape index (κ2) is 22.3. The zero-order chi connectivity index (χ0) is 45.7. The van der Waals surface area contributed by atoms with Crippen molar-refractivity contribution < 1.29 is 28.3 Å². The molecule has 0 fully saturated rings. The summed E-state index contributed by atoms with van der Waals surface area (Å²) in [5.74, 6) is 0.314. The minimum atomic E-state index is -1.11. The number of carbonyl (C=O) groups excluding carboxylic acids is 3. The highest BCUT2D eigenvalue weighted by atomic mass is 16.6. The summed E-state index contributed by atoms with van der Waals surface area (Å²) in [6.45, 7) is 23.9. The normalized spacial score (nSPS) is 12.6. The molecule has 3 N–H and O–H groups in total. The molecular formula is C48H64N8O7. The number of likely N-dealkylation sites (N-methyl/N-ethyl adjacent to an activating group) is 1. The summed E-state index contributed by atoms with van der Waals surface area (Å²) in [4.78, 5) is 57.2. The van der Waals surface area contributed by atoms with Gasteiger partial charge in [0.25, 0.3) is 11.8 Å². The summed E-state index contributed by atoms with van der Waals surface area (Å²) in [6, 6.07) is 20.1. The van der Waals surface area contributed by atoms with E-state index in [1.165, 1.54) is 6.07 Å². The molecule has 15 nitrogen and oxygen atoms in total. The molecule has 5 aromatic rings. The first kappa shape index (κ1) is 48.0.